The molecular formula is C15H22OS. The van der Waals surface area contributed by atoms with Crippen LogP contribution in [0.25, 0.3) is 0 Å². The number of aliphatic hydroxyl groups excluding tert-OH is 1. The quantitative estimate of drug-likeness (QED) is 0.576. The highest BCUT2D eigenvalue weighted by atomic mass is 32.2. The molecule has 0 aliphatic heterocycles. The Morgan fingerprint density at radius 3 is 2.53 bits per heavy atom. The van der Waals surface area contributed by atoms with E-state index in [9.17, 15) is 5.11 Å². The lowest BCUT2D eigenvalue weighted by Gasteiger charge is -2.12. The predicted octanol–water partition coefficient (Wildman–Crippen LogP) is 4.27. The van der Waals surface area contributed by atoms with Gasteiger partial charge in [0.15, 0.2) is 0 Å². The normalized spacial score (nSPS) is 15.0. The average molecular weight is 250 g/mol. The van der Waals surface area contributed by atoms with Crippen molar-refractivity contribution >= 4 is 11.8 Å². The van der Waals surface area contributed by atoms with Gasteiger partial charge in [-0.15, -0.1) is 11.8 Å². The van der Waals surface area contributed by atoms with E-state index in [4.69, 9.17) is 0 Å². The number of hydrogen-bond acceptors (Lipinski definition) is 2. The third kappa shape index (κ3) is 6.54. The van der Waals surface area contributed by atoms with Gasteiger partial charge in [0, 0.05) is 10.1 Å². The second kappa shape index (κ2) is 8.37. The molecule has 0 fully saturated rings. The fourth-order valence-electron chi connectivity index (χ4n) is 1.56. The summed E-state index contributed by atoms with van der Waals surface area (Å²) in [5.41, 5.74) is 0. The van der Waals surface area contributed by atoms with E-state index < -0.39 is 0 Å². The Labute approximate surface area is 109 Å². The molecule has 1 aromatic rings. The van der Waals surface area contributed by atoms with Crippen LogP contribution in [-0.4, -0.2) is 16.5 Å². The Morgan fingerprint density at radius 1 is 1.24 bits per heavy atom. The number of benzene rings is 1. The van der Waals surface area contributed by atoms with Crippen LogP contribution in [0, 0.1) is 0 Å². The molecule has 0 heterocycles. The zero-order chi connectivity index (χ0) is 12.5. The van der Waals surface area contributed by atoms with Crippen molar-refractivity contribution in [2.75, 3.05) is 0 Å². The first kappa shape index (κ1) is 14.3. The van der Waals surface area contributed by atoms with Crippen molar-refractivity contribution in [3.8, 4) is 0 Å². The van der Waals surface area contributed by atoms with Gasteiger partial charge in [-0.3, -0.25) is 0 Å². The number of hydrogen-bond donors (Lipinski definition) is 1. The van der Waals surface area contributed by atoms with Gasteiger partial charge in [-0.2, -0.15) is 0 Å². The smallest absolute Gasteiger partial charge is 0.0693 e. The summed E-state index contributed by atoms with van der Waals surface area (Å²) in [6, 6.07) is 10.4. The molecule has 1 rings (SSSR count). The lowest BCUT2D eigenvalue weighted by molar-refractivity contribution is 0.244. The van der Waals surface area contributed by atoms with Gasteiger partial charge in [0.25, 0.3) is 0 Å². The molecule has 2 atom stereocenters. The number of rotatable bonds is 7. The maximum atomic E-state index is 9.30. The molecule has 94 valence electrons. The largest absolute Gasteiger partial charge is 0.389 e. The third-order valence-electron chi connectivity index (χ3n) is 2.48. The Kier molecular flexibility index (Phi) is 7.06. The molecule has 0 aromatic heterocycles. The van der Waals surface area contributed by atoms with Gasteiger partial charge in [0.05, 0.1) is 6.10 Å². The molecule has 0 unspecified atom stereocenters. The lowest BCUT2D eigenvalue weighted by Crippen LogP contribution is -2.01. The van der Waals surface area contributed by atoms with Crippen molar-refractivity contribution in [1.82, 2.24) is 0 Å². The van der Waals surface area contributed by atoms with E-state index in [1.807, 2.05) is 23.9 Å². The van der Waals surface area contributed by atoms with Crippen LogP contribution in [0.3, 0.4) is 0 Å². The van der Waals surface area contributed by atoms with Crippen LogP contribution in [0.2, 0.25) is 0 Å². The maximum absolute atomic E-state index is 9.30. The fraction of sp³-hybridized carbons (Fsp3) is 0.467. The molecule has 0 spiro atoms. The maximum Gasteiger partial charge on any atom is 0.0693 e. The second-order valence-corrected chi connectivity index (χ2v) is 5.55. The lowest BCUT2D eigenvalue weighted by atomic mass is 10.2. The van der Waals surface area contributed by atoms with Gasteiger partial charge < -0.3 is 5.11 Å². The molecule has 0 aliphatic carbocycles. The summed E-state index contributed by atoms with van der Waals surface area (Å²) in [6.07, 6.45) is 7.28. The van der Waals surface area contributed by atoms with Gasteiger partial charge in [-0.1, -0.05) is 50.1 Å². The Bertz CT molecular complexity index is 319. The molecule has 2 heteroatoms. The topological polar surface area (TPSA) is 20.2 Å². The Balaban J connectivity index is 2.57. The van der Waals surface area contributed by atoms with Crippen molar-refractivity contribution in [1.29, 1.82) is 0 Å². The van der Waals surface area contributed by atoms with Gasteiger partial charge in [0.2, 0.25) is 0 Å². The van der Waals surface area contributed by atoms with E-state index >= 15 is 0 Å². The molecule has 1 N–H and O–H groups in total. The molecule has 17 heavy (non-hydrogen) atoms. The first-order chi connectivity index (χ1) is 8.22. The molecule has 0 amide bonds. The van der Waals surface area contributed by atoms with Gasteiger partial charge in [-0.05, 0) is 25.5 Å². The monoisotopic (exact) mass is 250 g/mol. The summed E-state index contributed by atoms with van der Waals surface area (Å²) >= 11 is 1.87. The van der Waals surface area contributed by atoms with E-state index in [1.165, 1.54) is 24.2 Å². The summed E-state index contributed by atoms with van der Waals surface area (Å²) in [5, 5.41) is 9.76. The second-order valence-electron chi connectivity index (χ2n) is 4.24. The summed E-state index contributed by atoms with van der Waals surface area (Å²) in [5.74, 6) is 0. The van der Waals surface area contributed by atoms with Crippen LogP contribution in [0.1, 0.15) is 33.1 Å². The highest BCUT2D eigenvalue weighted by Gasteiger charge is 2.06. The Hall–Kier alpha value is -0.730. The zero-order valence-corrected chi connectivity index (χ0v) is 11.5. The van der Waals surface area contributed by atoms with E-state index in [1.54, 1.807) is 6.92 Å². The number of aliphatic hydroxyl groups is 1. The van der Waals surface area contributed by atoms with Crippen molar-refractivity contribution < 1.29 is 5.11 Å². The zero-order valence-electron chi connectivity index (χ0n) is 10.7. The van der Waals surface area contributed by atoms with Crippen molar-refractivity contribution in [2.24, 2.45) is 0 Å². The average Bonchev–Trinajstić information content (AvgIpc) is 2.34. The summed E-state index contributed by atoms with van der Waals surface area (Å²) in [7, 11) is 0. The Morgan fingerprint density at radius 2 is 1.94 bits per heavy atom. The van der Waals surface area contributed by atoms with Crippen molar-refractivity contribution in [2.45, 2.75) is 49.4 Å². The standard InChI is InChI=1S/C15H22OS/c1-3-4-8-15(12-11-13(2)16)17-14-9-6-5-7-10-14/h5-7,9-13,15-16H,3-4,8H2,1-2H3/b12-11+/t13-,15-/m1/s1. The molecule has 1 aromatic carbocycles. The summed E-state index contributed by atoms with van der Waals surface area (Å²) in [4.78, 5) is 1.30. The van der Waals surface area contributed by atoms with E-state index in [0.29, 0.717) is 5.25 Å². The van der Waals surface area contributed by atoms with Crippen molar-refractivity contribution in [3.05, 3.63) is 42.5 Å². The number of unbranched alkanes of at least 4 members (excludes halogenated alkanes) is 1. The first-order valence-corrected chi connectivity index (χ1v) is 7.18. The third-order valence-corrected chi connectivity index (χ3v) is 3.72. The van der Waals surface area contributed by atoms with Crippen molar-refractivity contribution in [3.63, 3.8) is 0 Å². The molecule has 0 radical (unpaired) electrons. The highest BCUT2D eigenvalue weighted by molar-refractivity contribution is 8.00. The SMILES string of the molecule is CCCC[C@H](/C=C/[C@@H](C)O)Sc1ccccc1. The molecule has 0 saturated carbocycles. The first-order valence-electron chi connectivity index (χ1n) is 6.30. The van der Waals surface area contributed by atoms with E-state index in [-0.39, 0.29) is 6.10 Å². The van der Waals surface area contributed by atoms with Gasteiger partial charge in [-0.25, -0.2) is 0 Å². The van der Waals surface area contributed by atoms with Crippen LogP contribution < -0.4 is 0 Å². The molecular weight excluding hydrogens is 228 g/mol. The number of thioether (sulfide) groups is 1. The highest BCUT2D eigenvalue weighted by Crippen LogP contribution is 2.27. The minimum atomic E-state index is -0.351. The van der Waals surface area contributed by atoms with Crippen LogP contribution in [0.5, 0.6) is 0 Å². The summed E-state index contributed by atoms with van der Waals surface area (Å²) in [6.45, 7) is 4.00. The minimum Gasteiger partial charge on any atom is -0.389 e. The molecule has 0 bridgehead atoms. The van der Waals surface area contributed by atoms with Crippen LogP contribution in [0.15, 0.2) is 47.4 Å². The molecule has 0 aliphatic rings. The summed E-state index contributed by atoms with van der Waals surface area (Å²) < 4.78 is 0. The van der Waals surface area contributed by atoms with Crippen LogP contribution in [0.4, 0.5) is 0 Å². The van der Waals surface area contributed by atoms with Crippen LogP contribution >= 0.6 is 11.8 Å². The van der Waals surface area contributed by atoms with Gasteiger partial charge >= 0.3 is 0 Å². The van der Waals surface area contributed by atoms with E-state index in [0.717, 1.165) is 0 Å². The van der Waals surface area contributed by atoms with Crippen LogP contribution in [-0.2, 0) is 0 Å². The van der Waals surface area contributed by atoms with Gasteiger partial charge in [0.1, 0.15) is 0 Å². The predicted molar refractivity (Wildman–Crippen MR) is 76.4 cm³/mol. The fourth-order valence-corrected chi connectivity index (χ4v) is 2.68. The molecule has 1 nitrogen and oxygen atoms in total. The van der Waals surface area contributed by atoms with E-state index in [2.05, 4.69) is 37.3 Å². The minimum absolute atomic E-state index is 0.351. The molecule has 0 saturated heterocycles.